The first-order valence-corrected chi connectivity index (χ1v) is 5.25. The Kier molecular flexibility index (Phi) is 7.25. The third-order valence-electron chi connectivity index (χ3n) is 1.59. The van der Waals surface area contributed by atoms with Crippen molar-refractivity contribution in [3.63, 3.8) is 0 Å². The molecule has 0 radical (unpaired) electrons. The summed E-state index contributed by atoms with van der Waals surface area (Å²) in [6.45, 7) is 0.791. The van der Waals surface area contributed by atoms with Gasteiger partial charge in [-0.2, -0.15) is 0 Å². The highest BCUT2D eigenvalue weighted by Gasteiger charge is 2.05. The van der Waals surface area contributed by atoms with Crippen molar-refractivity contribution in [2.24, 2.45) is 16.6 Å². The summed E-state index contributed by atoms with van der Waals surface area (Å²) in [6, 6.07) is 5.15. The van der Waals surface area contributed by atoms with E-state index in [4.69, 9.17) is 39.4 Å². The maximum absolute atomic E-state index is 5.90. The monoisotopic (exact) mass is 278 g/mol. The van der Waals surface area contributed by atoms with Crippen molar-refractivity contribution in [3.8, 4) is 5.75 Å². The van der Waals surface area contributed by atoms with Crippen LogP contribution in [0.4, 0.5) is 0 Å². The number of hydrogen-bond acceptors (Lipinski definition) is 3. The molecule has 0 saturated carbocycles. The van der Waals surface area contributed by atoms with Crippen LogP contribution in [0.25, 0.3) is 0 Å². The van der Waals surface area contributed by atoms with Crippen LogP contribution >= 0.6 is 23.2 Å². The lowest BCUT2D eigenvalue weighted by Gasteiger charge is -2.09. The van der Waals surface area contributed by atoms with Gasteiger partial charge in [-0.05, 0) is 12.1 Å². The molecule has 7 heteroatoms. The largest absolute Gasteiger partial charge is 0.489 e. The molecule has 96 valence electrons. The first kappa shape index (κ1) is 15.7. The Labute approximate surface area is 111 Å². The van der Waals surface area contributed by atoms with Crippen molar-refractivity contribution in [1.29, 1.82) is 0 Å². The molecule has 0 atom stereocenters. The first-order valence-electron chi connectivity index (χ1n) is 4.49. The van der Waals surface area contributed by atoms with Crippen molar-refractivity contribution >= 4 is 29.2 Å². The van der Waals surface area contributed by atoms with E-state index in [-0.39, 0.29) is 13.4 Å². The van der Waals surface area contributed by atoms with E-state index < -0.39 is 0 Å². The van der Waals surface area contributed by atoms with Crippen LogP contribution in [0.1, 0.15) is 7.43 Å². The van der Waals surface area contributed by atoms with Crippen LogP contribution in [0, 0.1) is 0 Å². The molecule has 0 aliphatic heterocycles. The van der Waals surface area contributed by atoms with E-state index in [1.807, 2.05) is 0 Å². The smallest absolute Gasteiger partial charge is 0.208 e. The normalized spacial score (nSPS) is 9.06. The lowest BCUT2D eigenvalue weighted by molar-refractivity contribution is 0.316. The van der Waals surface area contributed by atoms with Gasteiger partial charge in [0.05, 0.1) is 16.6 Å². The maximum atomic E-state index is 5.90. The van der Waals surface area contributed by atoms with Crippen molar-refractivity contribution in [1.82, 2.24) is 5.43 Å². The van der Waals surface area contributed by atoms with Crippen LogP contribution in [0.2, 0.25) is 10.0 Å². The Bertz CT molecular complexity index is 360. The van der Waals surface area contributed by atoms with Gasteiger partial charge >= 0.3 is 0 Å². The highest BCUT2D eigenvalue weighted by atomic mass is 35.5. The minimum atomic E-state index is -0.0317. The number of para-hydroxylation sites is 1. The van der Waals surface area contributed by atoms with Crippen molar-refractivity contribution in [2.75, 3.05) is 13.2 Å². The molecule has 0 unspecified atom stereocenters. The number of hydrazone groups is 1. The third-order valence-corrected chi connectivity index (χ3v) is 2.18. The van der Waals surface area contributed by atoms with Gasteiger partial charge < -0.3 is 21.6 Å². The van der Waals surface area contributed by atoms with Crippen LogP contribution in [0.15, 0.2) is 23.3 Å². The molecule has 0 fully saturated rings. The Morgan fingerprint density at radius 2 is 1.88 bits per heavy atom. The number of guanidine groups is 1. The molecule has 1 rings (SSSR count). The van der Waals surface area contributed by atoms with E-state index in [1.165, 1.54) is 0 Å². The van der Waals surface area contributed by atoms with Gasteiger partial charge in [0.25, 0.3) is 0 Å². The number of nitrogens with two attached hydrogens (primary N) is 2. The lowest BCUT2D eigenvalue weighted by Crippen LogP contribution is -2.27. The molecule has 0 spiro atoms. The zero-order valence-electron chi connectivity index (χ0n) is 8.41. The van der Waals surface area contributed by atoms with Crippen LogP contribution < -0.4 is 21.6 Å². The average molecular weight is 279 g/mol. The number of nitrogens with one attached hydrogen (secondary N) is 1. The Hall–Kier alpha value is -1.33. The zero-order chi connectivity index (χ0) is 12.0. The van der Waals surface area contributed by atoms with Crippen molar-refractivity contribution < 1.29 is 4.74 Å². The number of halogens is 2. The predicted octanol–water partition coefficient (Wildman–Crippen LogP) is 1.79. The molecule has 0 amide bonds. The van der Waals surface area contributed by atoms with Gasteiger partial charge in [0.15, 0.2) is 5.75 Å². The molecule has 0 saturated heterocycles. The molecule has 1 aromatic carbocycles. The molecular formula is C10H16Cl2N4O. The summed E-state index contributed by atoms with van der Waals surface area (Å²) >= 11 is 11.8. The summed E-state index contributed by atoms with van der Waals surface area (Å²) in [5.74, 6) is 0.424. The second-order valence-corrected chi connectivity index (χ2v) is 3.66. The second kappa shape index (κ2) is 7.86. The fourth-order valence-corrected chi connectivity index (χ4v) is 1.47. The van der Waals surface area contributed by atoms with Gasteiger partial charge in [-0.15, -0.1) is 5.10 Å². The van der Waals surface area contributed by atoms with E-state index in [0.717, 1.165) is 0 Å². The van der Waals surface area contributed by atoms with Gasteiger partial charge in [-0.1, -0.05) is 36.7 Å². The summed E-state index contributed by atoms with van der Waals surface area (Å²) in [5.41, 5.74) is 12.9. The molecule has 5 N–H and O–H groups in total. The fraction of sp³-hybridized carbons (Fsp3) is 0.300. The highest BCUT2D eigenvalue weighted by Crippen LogP contribution is 2.31. The quantitative estimate of drug-likeness (QED) is 0.332. The molecule has 0 aliphatic carbocycles. The van der Waals surface area contributed by atoms with Gasteiger partial charge in [0.2, 0.25) is 5.96 Å². The standard InChI is InChI=1S/C9H12Cl2N4O.CH4/c10-6-2-1-3-7(11)8(6)16-5-4-14-15-9(12)13;/h1-3,14H,4-5H2,(H4,12,13,15);1H4. The molecular weight excluding hydrogens is 263 g/mol. The zero-order valence-corrected chi connectivity index (χ0v) is 9.92. The SMILES string of the molecule is C.NC(N)=NNCCOc1c(Cl)cccc1Cl. The minimum absolute atomic E-state index is 0. The number of benzene rings is 1. The molecule has 5 nitrogen and oxygen atoms in total. The summed E-state index contributed by atoms with van der Waals surface area (Å²) in [5, 5.41) is 4.51. The first-order chi connectivity index (χ1) is 7.61. The number of rotatable bonds is 5. The Morgan fingerprint density at radius 1 is 1.29 bits per heavy atom. The van der Waals surface area contributed by atoms with E-state index in [2.05, 4.69) is 10.5 Å². The molecule has 0 aliphatic rings. The number of hydrogen-bond donors (Lipinski definition) is 3. The van der Waals surface area contributed by atoms with Gasteiger partial charge in [-0.25, -0.2) is 0 Å². The lowest BCUT2D eigenvalue weighted by atomic mass is 10.3. The topological polar surface area (TPSA) is 85.7 Å². The summed E-state index contributed by atoms with van der Waals surface area (Å²) in [7, 11) is 0. The van der Waals surface area contributed by atoms with Crippen LogP contribution in [-0.4, -0.2) is 19.1 Å². The van der Waals surface area contributed by atoms with E-state index in [9.17, 15) is 0 Å². The fourth-order valence-electron chi connectivity index (χ4n) is 0.966. The predicted molar refractivity (Wildman–Crippen MR) is 72.5 cm³/mol. The van der Waals surface area contributed by atoms with E-state index >= 15 is 0 Å². The molecule has 1 aromatic rings. The summed E-state index contributed by atoms with van der Waals surface area (Å²) < 4.78 is 5.37. The molecule has 0 bridgehead atoms. The van der Waals surface area contributed by atoms with Gasteiger partial charge in [-0.3, -0.25) is 0 Å². The Balaban J connectivity index is 0.00000256. The van der Waals surface area contributed by atoms with Gasteiger partial charge in [0.1, 0.15) is 6.61 Å². The van der Waals surface area contributed by atoms with Crippen molar-refractivity contribution in [3.05, 3.63) is 28.2 Å². The maximum Gasteiger partial charge on any atom is 0.208 e. The van der Waals surface area contributed by atoms with E-state index in [0.29, 0.717) is 28.9 Å². The second-order valence-electron chi connectivity index (χ2n) is 2.84. The molecule has 0 heterocycles. The summed E-state index contributed by atoms with van der Waals surface area (Å²) in [6.07, 6.45) is 0. The van der Waals surface area contributed by atoms with Crippen LogP contribution in [0.5, 0.6) is 5.75 Å². The average Bonchev–Trinajstić information content (AvgIpc) is 2.21. The third kappa shape index (κ3) is 5.51. The van der Waals surface area contributed by atoms with E-state index in [1.54, 1.807) is 18.2 Å². The van der Waals surface area contributed by atoms with Crippen LogP contribution in [0.3, 0.4) is 0 Å². The van der Waals surface area contributed by atoms with Gasteiger partial charge in [0, 0.05) is 0 Å². The number of nitrogens with zero attached hydrogens (tertiary/aromatic N) is 1. The number of ether oxygens (including phenoxy) is 1. The van der Waals surface area contributed by atoms with Crippen molar-refractivity contribution in [2.45, 2.75) is 7.43 Å². The Morgan fingerprint density at radius 3 is 2.41 bits per heavy atom. The molecule has 17 heavy (non-hydrogen) atoms. The summed E-state index contributed by atoms with van der Waals surface area (Å²) in [4.78, 5) is 0. The highest BCUT2D eigenvalue weighted by molar-refractivity contribution is 6.37. The minimum Gasteiger partial charge on any atom is -0.489 e. The molecule has 0 aromatic heterocycles. The van der Waals surface area contributed by atoms with Crippen LogP contribution in [-0.2, 0) is 0 Å².